The number of carbonyl (C=O) groups is 1. The summed E-state index contributed by atoms with van der Waals surface area (Å²) in [5.41, 5.74) is 1.75. The molecule has 3 nitrogen and oxygen atoms in total. The Balaban J connectivity index is 3.13. The zero-order chi connectivity index (χ0) is 13.0. The van der Waals surface area contributed by atoms with Gasteiger partial charge in [0.1, 0.15) is 6.10 Å². The molecule has 1 aromatic carbocycles. The summed E-state index contributed by atoms with van der Waals surface area (Å²) < 4.78 is 0.670. The lowest BCUT2D eigenvalue weighted by Gasteiger charge is -2.14. The van der Waals surface area contributed by atoms with Gasteiger partial charge in [-0.15, -0.1) is 0 Å². The van der Waals surface area contributed by atoms with Crippen LogP contribution in [0.5, 0.6) is 0 Å². The topological polar surface area (TPSA) is 57.5 Å². The fourth-order valence-corrected chi connectivity index (χ4v) is 2.01. The molecule has 17 heavy (non-hydrogen) atoms. The fourth-order valence-electron chi connectivity index (χ4n) is 1.49. The summed E-state index contributed by atoms with van der Waals surface area (Å²) >= 11 is 1.97. The van der Waals surface area contributed by atoms with E-state index >= 15 is 0 Å². The van der Waals surface area contributed by atoms with E-state index < -0.39 is 12.1 Å². The Morgan fingerprint density at radius 1 is 1.35 bits per heavy atom. The fraction of sp³-hybridized carbons (Fsp3) is 0.308. The molecule has 1 aromatic rings. The first-order chi connectivity index (χ1) is 7.97. The summed E-state index contributed by atoms with van der Waals surface area (Å²) in [5, 5.41) is 19.2. The maximum Gasteiger partial charge on any atom is 0.335 e. The molecule has 92 valence electrons. The first-order valence-electron chi connectivity index (χ1n) is 5.33. The van der Waals surface area contributed by atoms with Gasteiger partial charge in [-0.25, -0.2) is 4.79 Å². The number of aliphatic hydroxyl groups is 1. The minimum Gasteiger partial charge on any atom is -0.478 e. The van der Waals surface area contributed by atoms with Crippen molar-refractivity contribution in [1.82, 2.24) is 0 Å². The minimum absolute atomic E-state index is 0.0666. The monoisotopic (exact) mass is 346 g/mol. The largest absolute Gasteiger partial charge is 0.478 e. The third-order valence-corrected chi connectivity index (χ3v) is 3.84. The van der Waals surface area contributed by atoms with Crippen molar-refractivity contribution in [2.45, 2.75) is 26.4 Å². The molecule has 0 aliphatic rings. The number of benzene rings is 1. The Bertz CT molecular complexity index is 434. The van der Waals surface area contributed by atoms with E-state index in [0.717, 1.165) is 5.56 Å². The van der Waals surface area contributed by atoms with E-state index in [1.54, 1.807) is 12.1 Å². The molecule has 0 fully saturated rings. The van der Waals surface area contributed by atoms with Crippen molar-refractivity contribution in [2.24, 2.45) is 0 Å². The van der Waals surface area contributed by atoms with Gasteiger partial charge >= 0.3 is 5.97 Å². The smallest absolute Gasteiger partial charge is 0.335 e. The second kappa shape index (κ2) is 6.16. The van der Waals surface area contributed by atoms with Crippen molar-refractivity contribution >= 4 is 28.6 Å². The Labute approximate surface area is 114 Å². The number of hydrogen-bond donors (Lipinski definition) is 2. The Morgan fingerprint density at radius 3 is 2.29 bits per heavy atom. The first kappa shape index (κ1) is 14.2. The molecule has 1 rings (SSSR count). The van der Waals surface area contributed by atoms with E-state index in [1.165, 1.54) is 0 Å². The molecule has 1 atom stereocenters. The molecule has 0 bridgehead atoms. The van der Waals surface area contributed by atoms with Crippen LogP contribution < -0.4 is 0 Å². The maximum atomic E-state index is 11.2. The molecule has 0 aliphatic carbocycles. The molecular weight excluding hydrogens is 331 g/mol. The van der Waals surface area contributed by atoms with Crippen LogP contribution in [-0.2, 0) is 4.79 Å². The zero-order valence-electron chi connectivity index (χ0n) is 9.77. The van der Waals surface area contributed by atoms with Gasteiger partial charge in [-0.2, -0.15) is 0 Å². The number of aliphatic hydroxyl groups excluding tert-OH is 1. The highest BCUT2D eigenvalue weighted by Gasteiger charge is 2.22. The van der Waals surface area contributed by atoms with Crippen LogP contribution in [0.4, 0.5) is 0 Å². The van der Waals surface area contributed by atoms with Gasteiger partial charge < -0.3 is 10.2 Å². The number of carboxylic acid groups (broad SMARTS) is 1. The van der Waals surface area contributed by atoms with Gasteiger partial charge in [-0.3, -0.25) is 0 Å². The molecule has 0 saturated heterocycles. The predicted octanol–water partition coefficient (Wildman–Crippen LogP) is 3.21. The van der Waals surface area contributed by atoms with E-state index in [4.69, 9.17) is 5.11 Å². The lowest BCUT2D eigenvalue weighted by Crippen LogP contribution is -2.12. The summed E-state index contributed by atoms with van der Waals surface area (Å²) in [4.78, 5) is 11.2. The Kier molecular flexibility index (Phi) is 5.14. The number of rotatable bonds is 4. The van der Waals surface area contributed by atoms with Crippen LogP contribution in [0.25, 0.3) is 0 Å². The third-order valence-electron chi connectivity index (χ3n) is 2.50. The van der Waals surface area contributed by atoms with E-state index in [9.17, 15) is 9.90 Å². The van der Waals surface area contributed by atoms with Crippen LogP contribution in [-0.4, -0.2) is 16.2 Å². The number of hydrogen-bond acceptors (Lipinski definition) is 2. The predicted molar refractivity (Wildman–Crippen MR) is 75.1 cm³/mol. The Hall–Kier alpha value is -0.880. The molecule has 0 aliphatic heterocycles. The molecule has 2 N–H and O–H groups in total. The molecule has 0 heterocycles. The average Bonchev–Trinajstić information content (AvgIpc) is 2.29. The molecule has 0 spiro atoms. The zero-order valence-corrected chi connectivity index (χ0v) is 11.9. The summed E-state index contributed by atoms with van der Waals surface area (Å²) in [6.07, 6.45) is -0.467. The lowest BCUT2D eigenvalue weighted by atomic mass is 10.00. The van der Waals surface area contributed by atoms with E-state index in [-0.39, 0.29) is 5.57 Å². The van der Waals surface area contributed by atoms with Crippen molar-refractivity contribution in [3.8, 4) is 0 Å². The number of aliphatic carboxylic acids is 1. The summed E-state index contributed by atoms with van der Waals surface area (Å²) in [6, 6.07) is 7.22. The van der Waals surface area contributed by atoms with Crippen LogP contribution in [0, 0.1) is 6.92 Å². The standard InChI is InChI=1S/C13H15IO3/c1-3-10(14)11(13(16)17)12(15)9-6-4-8(2)5-7-9/h4-7,12,15H,3H2,1-2H3,(H,16,17). The molecular formula is C13H15IO3. The van der Waals surface area contributed by atoms with E-state index in [0.29, 0.717) is 15.6 Å². The maximum absolute atomic E-state index is 11.2. The summed E-state index contributed by atoms with van der Waals surface area (Å²) in [6.45, 7) is 3.81. The highest BCUT2D eigenvalue weighted by Crippen LogP contribution is 2.29. The first-order valence-corrected chi connectivity index (χ1v) is 6.41. The summed E-state index contributed by atoms with van der Waals surface area (Å²) in [7, 11) is 0. The van der Waals surface area contributed by atoms with Crippen molar-refractivity contribution < 1.29 is 15.0 Å². The van der Waals surface area contributed by atoms with Gasteiger partial charge in [0, 0.05) is 3.58 Å². The normalized spacial score (nSPS) is 14.1. The number of halogens is 1. The number of carboxylic acids is 1. The van der Waals surface area contributed by atoms with Gasteiger partial charge in [-0.1, -0.05) is 36.8 Å². The highest BCUT2D eigenvalue weighted by molar-refractivity contribution is 14.1. The molecule has 0 saturated carbocycles. The van der Waals surface area contributed by atoms with E-state index in [2.05, 4.69) is 0 Å². The molecule has 0 aromatic heterocycles. The SMILES string of the molecule is CCC(I)=C(C(=O)O)C(O)c1ccc(C)cc1. The molecule has 1 unspecified atom stereocenters. The molecule has 0 radical (unpaired) electrons. The second-order valence-electron chi connectivity index (χ2n) is 3.79. The van der Waals surface area contributed by atoms with Crippen LogP contribution >= 0.6 is 22.6 Å². The average molecular weight is 346 g/mol. The van der Waals surface area contributed by atoms with E-state index in [1.807, 2.05) is 48.6 Å². The van der Waals surface area contributed by atoms with Crippen LogP contribution in [0.15, 0.2) is 33.4 Å². The summed E-state index contributed by atoms with van der Waals surface area (Å²) in [5.74, 6) is -1.07. The van der Waals surface area contributed by atoms with Crippen LogP contribution in [0.1, 0.15) is 30.6 Å². The number of allylic oxidation sites excluding steroid dienone is 1. The van der Waals surface area contributed by atoms with Gasteiger partial charge in [0.05, 0.1) is 5.57 Å². The quantitative estimate of drug-likeness (QED) is 0.650. The van der Waals surface area contributed by atoms with Crippen molar-refractivity contribution in [1.29, 1.82) is 0 Å². The van der Waals surface area contributed by atoms with Crippen molar-refractivity contribution in [3.63, 3.8) is 0 Å². The van der Waals surface area contributed by atoms with Gasteiger partial charge in [-0.05, 0) is 41.5 Å². The van der Waals surface area contributed by atoms with Crippen LogP contribution in [0.3, 0.4) is 0 Å². The third kappa shape index (κ3) is 3.54. The van der Waals surface area contributed by atoms with Gasteiger partial charge in [0.25, 0.3) is 0 Å². The molecule has 0 amide bonds. The highest BCUT2D eigenvalue weighted by atomic mass is 127. The molecule has 4 heteroatoms. The Morgan fingerprint density at radius 2 is 1.88 bits per heavy atom. The lowest BCUT2D eigenvalue weighted by molar-refractivity contribution is -0.133. The van der Waals surface area contributed by atoms with Gasteiger partial charge in [0.2, 0.25) is 0 Å². The van der Waals surface area contributed by atoms with Crippen molar-refractivity contribution in [3.05, 3.63) is 44.5 Å². The number of aryl methyl sites for hydroxylation is 1. The second-order valence-corrected chi connectivity index (χ2v) is 5.09. The minimum atomic E-state index is -1.07. The van der Waals surface area contributed by atoms with Crippen molar-refractivity contribution in [2.75, 3.05) is 0 Å². The van der Waals surface area contributed by atoms with Gasteiger partial charge in [0.15, 0.2) is 0 Å². The van der Waals surface area contributed by atoms with Crippen LogP contribution in [0.2, 0.25) is 0 Å².